The van der Waals surface area contributed by atoms with Gasteiger partial charge in [0.25, 0.3) is 0 Å². The van der Waals surface area contributed by atoms with E-state index in [1.165, 1.54) is 18.2 Å². The van der Waals surface area contributed by atoms with Crippen molar-refractivity contribution >= 4 is 38.8 Å². The van der Waals surface area contributed by atoms with Gasteiger partial charge in [-0.2, -0.15) is 0 Å². The predicted molar refractivity (Wildman–Crippen MR) is 79.9 cm³/mol. The minimum absolute atomic E-state index is 0.153. The van der Waals surface area contributed by atoms with Gasteiger partial charge in [0.1, 0.15) is 5.82 Å². The average Bonchev–Trinajstić information content (AvgIpc) is 2.79. The maximum Gasteiger partial charge on any atom is 0.211 e. The number of ketones is 1. The Labute approximate surface area is 127 Å². The molecule has 0 aliphatic heterocycles. The van der Waals surface area contributed by atoms with Crippen LogP contribution in [0.25, 0.3) is 5.52 Å². The number of hydrogen-bond donors (Lipinski definition) is 0. The molecule has 0 amide bonds. The molecule has 5 heteroatoms. The molecule has 0 saturated heterocycles. The minimum atomic E-state index is -0.600. The molecule has 3 aromatic rings. The molecular weight excluding hydrogens is 345 g/mol. The molecule has 2 heterocycles. The van der Waals surface area contributed by atoms with Crippen molar-refractivity contribution < 1.29 is 9.18 Å². The van der Waals surface area contributed by atoms with Crippen molar-refractivity contribution in [1.29, 1.82) is 0 Å². The van der Waals surface area contributed by atoms with Crippen molar-refractivity contribution in [3.63, 3.8) is 0 Å². The molecule has 3 rings (SSSR count). The molecule has 20 heavy (non-hydrogen) atoms. The summed E-state index contributed by atoms with van der Waals surface area (Å²) in [5.74, 6) is -0.918. The normalized spacial score (nSPS) is 10.9. The quantitative estimate of drug-likeness (QED) is 0.611. The summed E-state index contributed by atoms with van der Waals surface area (Å²) in [5.41, 5.74) is 1.45. The van der Waals surface area contributed by atoms with Crippen LogP contribution in [0.3, 0.4) is 0 Å². The van der Waals surface area contributed by atoms with Gasteiger partial charge in [0, 0.05) is 16.2 Å². The molecule has 2 aromatic heterocycles. The van der Waals surface area contributed by atoms with E-state index in [4.69, 9.17) is 11.6 Å². The van der Waals surface area contributed by atoms with Gasteiger partial charge in [-0.05, 0) is 46.3 Å². The van der Waals surface area contributed by atoms with Crippen molar-refractivity contribution in [3.8, 4) is 0 Å². The number of halogens is 3. The number of fused-ring (bicyclic) bond motifs is 1. The first-order chi connectivity index (χ1) is 9.59. The fraction of sp³-hybridized carbons (Fsp3) is 0. The number of pyridine rings is 1. The van der Waals surface area contributed by atoms with Crippen LogP contribution in [0.2, 0.25) is 5.02 Å². The van der Waals surface area contributed by atoms with Crippen LogP contribution in [0.4, 0.5) is 4.39 Å². The number of hydrogen-bond acceptors (Lipinski definition) is 1. The molecule has 0 aliphatic rings. The molecule has 0 bridgehead atoms. The van der Waals surface area contributed by atoms with Crippen LogP contribution >= 0.6 is 27.5 Å². The number of nitrogens with zero attached hydrogens (tertiary/aromatic N) is 1. The zero-order valence-electron chi connectivity index (χ0n) is 10.1. The number of carbonyl (C=O) groups excluding carboxylic acids is 1. The van der Waals surface area contributed by atoms with Gasteiger partial charge in [-0.15, -0.1) is 0 Å². The highest BCUT2D eigenvalue weighted by molar-refractivity contribution is 9.10. The lowest BCUT2D eigenvalue weighted by molar-refractivity contribution is 0.103. The standard InChI is InChI=1S/C15H8BrClFNO/c16-10-8-13(19-7-2-1-6-12(10)19)15(20)9-4-3-5-11(18)14(9)17/h1-8H. The highest BCUT2D eigenvalue weighted by Crippen LogP contribution is 2.27. The second kappa shape index (κ2) is 5.04. The predicted octanol–water partition coefficient (Wildman–Crippen LogP) is 4.73. The second-order valence-electron chi connectivity index (χ2n) is 4.26. The summed E-state index contributed by atoms with van der Waals surface area (Å²) in [6, 6.07) is 11.5. The molecule has 100 valence electrons. The maximum absolute atomic E-state index is 13.5. The van der Waals surface area contributed by atoms with Crippen LogP contribution in [0.1, 0.15) is 16.1 Å². The highest BCUT2D eigenvalue weighted by atomic mass is 79.9. The van der Waals surface area contributed by atoms with Gasteiger partial charge in [0.05, 0.1) is 16.2 Å². The Morgan fingerprint density at radius 2 is 2.00 bits per heavy atom. The van der Waals surface area contributed by atoms with Crippen LogP contribution in [0, 0.1) is 5.82 Å². The van der Waals surface area contributed by atoms with Gasteiger partial charge in [0.2, 0.25) is 5.78 Å². The Kier molecular flexibility index (Phi) is 3.36. The van der Waals surface area contributed by atoms with E-state index in [-0.39, 0.29) is 16.4 Å². The summed E-state index contributed by atoms with van der Waals surface area (Å²) in [6.07, 6.45) is 1.78. The topological polar surface area (TPSA) is 21.5 Å². The van der Waals surface area contributed by atoms with E-state index in [1.54, 1.807) is 16.7 Å². The third-order valence-electron chi connectivity index (χ3n) is 3.06. The fourth-order valence-electron chi connectivity index (χ4n) is 2.10. The first-order valence-electron chi connectivity index (χ1n) is 5.84. The van der Waals surface area contributed by atoms with Gasteiger partial charge in [-0.1, -0.05) is 23.7 Å². The van der Waals surface area contributed by atoms with Crippen molar-refractivity contribution in [2.45, 2.75) is 0 Å². The molecule has 1 aromatic carbocycles. The molecule has 0 aliphatic carbocycles. The van der Waals surface area contributed by atoms with E-state index in [1.807, 2.05) is 18.2 Å². The first-order valence-corrected chi connectivity index (χ1v) is 7.01. The number of benzene rings is 1. The van der Waals surface area contributed by atoms with E-state index in [0.717, 1.165) is 9.99 Å². The summed E-state index contributed by atoms with van der Waals surface area (Å²) in [4.78, 5) is 12.6. The van der Waals surface area contributed by atoms with E-state index >= 15 is 0 Å². The van der Waals surface area contributed by atoms with Crippen molar-refractivity contribution in [1.82, 2.24) is 4.40 Å². The summed E-state index contributed by atoms with van der Waals surface area (Å²) in [7, 11) is 0. The van der Waals surface area contributed by atoms with Crippen molar-refractivity contribution in [2.75, 3.05) is 0 Å². The summed E-state index contributed by atoms with van der Waals surface area (Å²) < 4.78 is 16.0. The molecule has 0 atom stereocenters. The van der Waals surface area contributed by atoms with Crippen LogP contribution in [-0.4, -0.2) is 10.2 Å². The third-order valence-corrected chi connectivity index (χ3v) is 4.08. The average molecular weight is 353 g/mol. The zero-order valence-corrected chi connectivity index (χ0v) is 12.5. The molecular formula is C15H8BrClFNO. The summed E-state index contributed by atoms with van der Waals surface area (Å²) in [6.45, 7) is 0. The van der Waals surface area contributed by atoms with Gasteiger partial charge in [0.15, 0.2) is 0 Å². The zero-order chi connectivity index (χ0) is 14.3. The molecule has 0 unspecified atom stereocenters. The largest absolute Gasteiger partial charge is 0.312 e. The lowest BCUT2D eigenvalue weighted by Gasteiger charge is -2.05. The van der Waals surface area contributed by atoms with Gasteiger partial charge in [-0.3, -0.25) is 4.79 Å². The van der Waals surface area contributed by atoms with E-state index in [2.05, 4.69) is 15.9 Å². The van der Waals surface area contributed by atoms with Gasteiger partial charge in [-0.25, -0.2) is 4.39 Å². The third kappa shape index (κ3) is 2.05. The molecule has 0 spiro atoms. The lowest BCUT2D eigenvalue weighted by atomic mass is 10.1. The molecule has 0 N–H and O–H groups in total. The van der Waals surface area contributed by atoms with E-state index in [9.17, 15) is 9.18 Å². The minimum Gasteiger partial charge on any atom is -0.312 e. The Morgan fingerprint density at radius 3 is 2.80 bits per heavy atom. The number of carbonyl (C=O) groups is 1. The highest BCUT2D eigenvalue weighted by Gasteiger charge is 2.19. The van der Waals surface area contributed by atoms with Crippen LogP contribution in [0.5, 0.6) is 0 Å². The molecule has 2 nitrogen and oxygen atoms in total. The number of rotatable bonds is 2. The number of aromatic nitrogens is 1. The monoisotopic (exact) mass is 351 g/mol. The maximum atomic E-state index is 13.5. The lowest BCUT2D eigenvalue weighted by Crippen LogP contribution is -2.06. The Bertz CT molecular complexity index is 828. The second-order valence-corrected chi connectivity index (χ2v) is 5.50. The Balaban J connectivity index is 2.21. The molecule has 0 radical (unpaired) electrons. The molecule has 0 saturated carbocycles. The van der Waals surface area contributed by atoms with E-state index < -0.39 is 5.82 Å². The fourth-order valence-corrected chi connectivity index (χ4v) is 2.86. The van der Waals surface area contributed by atoms with Crippen molar-refractivity contribution in [3.05, 3.63) is 75.2 Å². The first kappa shape index (κ1) is 13.3. The van der Waals surface area contributed by atoms with Gasteiger partial charge >= 0.3 is 0 Å². The smallest absolute Gasteiger partial charge is 0.211 e. The van der Waals surface area contributed by atoms with Crippen LogP contribution in [0.15, 0.2) is 53.1 Å². The summed E-state index contributed by atoms with van der Waals surface area (Å²) in [5, 5.41) is -0.153. The molecule has 0 fully saturated rings. The van der Waals surface area contributed by atoms with Crippen LogP contribution < -0.4 is 0 Å². The van der Waals surface area contributed by atoms with E-state index in [0.29, 0.717) is 5.69 Å². The van der Waals surface area contributed by atoms with Gasteiger partial charge < -0.3 is 4.40 Å². The Morgan fingerprint density at radius 1 is 1.20 bits per heavy atom. The Hall–Kier alpha value is -1.65. The van der Waals surface area contributed by atoms with Crippen molar-refractivity contribution in [2.24, 2.45) is 0 Å². The van der Waals surface area contributed by atoms with Crippen LogP contribution in [-0.2, 0) is 0 Å². The summed E-state index contributed by atoms with van der Waals surface area (Å²) >= 11 is 9.29. The SMILES string of the molecule is O=C(c1cccc(F)c1Cl)c1cc(Br)c2ccccn12.